The van der Waals surface area contributed by atoms with E-state index in [4.69, 9.17) is 9.84 Å². The highest BCUT2D eigenvalue weighted by molar-refractivity contribution is 6.24. The predicted octanol–water partition coefficient (Wildman–Crippen LogP) is 2.19. The third kappa shape index (κ3) is 4.87. The Labute approximate surface area is 175 Å². The molecule has 1 unspecified atom stereocenters. The fourth-order valence-corrected chi connectivity index (χ4v) is 3.88. The molecule has 0 saturated carbocycles. The zero-order valence-electron chi connectivity index (χ0n) is 17.0. The molecule has 2 aliphatic rings. The molecule has 1 aromatic rings. The minimum absolute atomic E-state index is 0.0904. The van der Waals surface area contributed by atoms with Crippen molar-refractivity contribution in [3.8, 4) is 5.75 Å². The van der Waals surface area contributed by atoms with Crippen molar-refractivity contribution in [2.24, 2.45) is 0 Å². The summed E-state index contributed by atoms with van der Waals surface area (Å²) in [6, 6.07) is 3.90. The van der Waals surface area contributed by atoms with Crippen LogP contribution in [0, 0.1) is 0 Å². The molecule has 0 aliphatic carbocycles. The van der Waals surface area contributed by atoms with Crippen molar-refractivity contribution in [2.45, 2.75) is 63.8 Å². The highest BCUT2D eigenvalue weighted by Gasteiger charge is 2.45. The van der Waals surface area contributed by atoms with Gasteiger partial charge in [0.2, 0.25) is 11.8 Å². The summed E-state index contributed by atoms with van der Waals surface area (Å²) < 4.78 is 5.80. The SMILES string of the molecule is O=C1CCC(N2C(=O)c3cccc(OCCCCCCCCCO)c3C2=O)C(=O)N1. The van der Waals surface area contributed by atoms with E-state index in [1.807, 2.05) is 0 Å². The van der Waals surface area contributed by atoms with Gasteiger partial charge in [-0.15, -0.1) is 0 Å². The highest BCUT2D eigenvalue weighted by atomic mass is 16.5. The minimum Gasteiger partial charge on any atom is -0.493 e. The number of nitrogens with zero attached hydrogens (tertiary/aromatic N) is 1. The maximum atomic E-state index is 13.0. The van der Waals surface area contributed by atoms with Crippen LogP contribution in [0.5, 0.6) is 5.75 Å². The predicted molar refractivity (Wildman–Crippen MR) is 108 cm³/mol. The number of carbonyl (C=O) groups excluding carboxylic acids is 4. The van der Waals surface area contributed by atoms with Crippen LogP contribution in [0.15, 0.2) is 18.2 Å². The normalized spacial score (nSPS) is 18.6. The molecule has 0 spiro atoms. The fraction of sp³-hybridized carbons (Fsp3) is 0.545. The molecule has 0 radical (unpaired) electrons. The lowest BCUT2D eigenvalue weighted by Gasteiger charge is -2.27. The van der Waals surface area contributed by atoms with Gasteiger partial charge in [-0.2, -0.15) is 0 Å². The van der Waals surface area contributed by atoms with E-state index >= 15 is 0 Å². The van der Waals surface area contributed by atoms with E-state index in [1.54, 1.807) is 18.2 Å². The number of unbranched alkanes of at least 4 members (excludes halogenated alkanes) is 6. The van der Waals surface area contributed by atoms with Gasteiger partial charge in [-0.1, -0.05) is 38.2 Å². The first kappa shape index (κ1) is 22.0. The van der Waals surface area contributed by atoms with E-state index in [0.29, 0.717) is 12.4 Å². The maximum absolute atomic E-state index is 13.0. The largest absolute Gasteiger partial charge is 0.493 e. The van der Waals surface area contributed by atoms with Gasteiger partial charge in [0.1, 0.15) is 11.8 Å². The number of aliphatic hydroxyl groups excluding tert-OH is 1. The van der Waals surface area contributed by atoms with Crippen molar-refractivity contribution >= 4 is 23.6 Å². The smallest absolute Gasteiger partial charge is 0.266 e. The second-order valence-electron chi connectivity index (χ2n) is 7.67. The average molecular weight is 416 g/mol. The molecule has 162 valence electrons. The summed E-state index contributed by atoms with van der Waals surface area (Å²) in [6.07, 6.45) is 7.27. The number of nitrogens with one attached hydrogen (secondary N) is 1. The van der Waals surface area contributed by atoms with Crippen molar-refractivity contribution in [3.63, 3.8) is 0 Å². The Bertz CT molecular complexity index is 822. The highest BCUT2D eigenvalue weighted by Crippen LogP contribution is 2.33. The zero-order valence-corrected chi connectivity index (χ0v) is 17.0. The van der Waals surface area contributed by atoms with Gasteiger partial charge in [0.25, 0.3) is 11.8 Å². The van der Waals surface area contributed by atoms with Gasteiger partial charge in [-0.05, 0) is 31.4 Å². The molecular weight excluding hydrogens is 388 g/mol. The number of benzene rings is 1. The van der Waals surface area contributed by atoms with Crippen LogP contribution in [-0.4, -0.2) is 52.9 Å². The zero-order chi connectivity index (χ0) is 21.5. The maximum Gasteiger partial charge on any atom is 0.266 e. The quantitative estimate of drug-likeness (QED) is 0.422. The molecule has 0 bridgehead atoms. The van der Waals surface area contributed by atoms with Crippen LogP contribution < -0.4 is 10.1 Å². The van der Waals surface area contributed by atoms with Crippen LogP contribution in [0.4, 0.5) is 0 Å². The minimum atomic E-state index is -0.978. The number of amides is 4. The van der Waals surface area contributed by atoms with Gasteiger partial charge < -0.3 is 9.84 Å². The molecule has 4 amide bonds. The van der Waals surface area contributed by atoms with Gasteiger partial charge in [0, 0.05) is 13.0 Å². The fourth-order valence-electron chi connectivity index (χ4n) is 3.88. The van der Waals surface area contributed by atoms with E-state index < -0.39 is 29.7 Å². The molecule has 1 aromatic carbocycles. The Morgan fingerprint density at radius 3 is 2.37 bits per heavy atom. The van der Waals surface area contributed by atoms with Crippen LogP contribution >= 0.6 is 0 Å². The van der Waals surface area contributed by atoms with Crippen molar-refractivity contribution in [2.75, 3.05) is 13.2 Å². The van der Waals surface area contributed by atoms with E-state index in [-0.39, 0.29) is 30.6 Å². The second kappa shape index (κ2) is 10.3. The van der Waals surface area contributed by atoms with E-state index in [9.17, 15) is 19.2 Å². The molecule has 2 N–H and O–H groups in total. The summed E-state index contributed by atoms with van der Waals surface area (Å²) in [4.78, 5) is 50.2. The summed E-state index contributed by atoms with van der Waals surface area (Å²) in [5.41, 5.74) is 0.419. The summed E-state index contributed by atoms with van der Waals surface area (Å²) in [5.74, 6) is -1.75. The first-order valence-corrected chi connectivity index (χ1v) is 10.6. The van der Waals surface area contributed by atoms with E-state index in [0.717, 1.165) is 49.8 Å². The first-order valence-electron chi connectivity index (χ1n) is 10.6. The van der Waals surface area contributed by atoms with Gasteiger partial charge in [-0.3, -0.25) is 29.4 Å². The van der Waals surface area contributed by atoms with Crippen LogP contribution in [0.3, 0.4) is 0 Å². The van der Waals surface area contributed by atoms with Gasteiger partial charge in [-0.25, -0.2) is 0 Å². The van der Waals surface area contributed by atoms with Crippen LogP contribution in [0.2, 0.25) is 0 Å². The first-order chi connectivity index (χ1) is 14.5. The number of fused-ring (bicyclic) bond motifs is 1. The number of carbonyl (C=O) groups is 4. The summed E-state index contributed by atoms with van der Waals surface area (Å²) >= 11 is 0. The molecule has 2 aliphatic heterocycles. The molecule has 1 fully saturated rings. The third-order valence-electron chi connectivity index (χ3n) is 5.49. The molecule has 8 heteroatoms. The monoisotopic (exact) mass is 416 g/mol. The lowest BCUT2D eigenvalue weighted by Crippen LogP contribution is -2.54. The molecule has 8 nitrogen and oxygen atoms in total. The molecule has 3 rings (SSSR count). The number of aliphatic hydroxyl groups is 1. The Morgan fingerprint density at radius 1 is 0.967 bits per heavy atom. The Morgan fingerprint density at radius 2 is 1.67 bits per heavy atom. The molecule has 0 aromatic heterocycles. The number of ether oxygens (including phenoxy) is 1. The Balaban J connectivity index is 1.56. The van der Waals surface area contributed by atoms with Crippen LogP contribution in [0.25, 0.3) is 0 Å². The molecular formula is C22H28N2O6. The standard InChI is InChI=1S/C22H28N2O6/c25-13-6-4-2-1-3-5-7-14-30-17-10-8-9-15-19(17)22(29)24(21(15)28)16-11-12-18(26)23-20(16)27/h8-10,16,25H,1-7,11-14H2,(H,23,26,27). The van der Waals surface area contributed by atoms with Crippen LogP contribution in [0.1, 0.15) is 78.5 Å². The Hall–Kier alpha value is -2.74. The average Bonchev–Trinajstić information content (AvgIpc) is 2.98. The summed E-state index contributed by atoms with van der Waals surface area (Å²) in [5, 5.41) is 11.0. The van der Waals surface area contributed by atoms with Gasteiger partial charge >= 0.3 is 0 Å². The summed E-state index contributed by atoms with van der Waals surface area (Å²) in [6.45, 7) is 0.685. The molecule has 2 heterocycles. The lowest BCUT2D eigenvalue weighted by molar-refractivity contribution is -0.136. The van der Waals surface area contributed by atoms with Gasteiger partial charge in [0.15, 0.2) is 0 Å². The van der Waals surface area contributed by atoms with Gasteiger partial charge in [0.05, 0.1) is 17.7 Å². The topological polar surface area (TPSA) is 113 Å². The van der Waals surface area contributed by atoms with Crippen LogP contribution in [-0.2, 0) is 9.59 Å². The van der Waals surface area contributed by atoms with Crippen molar-refractivity contribution in [1.82, 2.24) is 10.2 Å². The van der Waals surface area contributed by atoms with Crippen molar-refractivity contribution in [3.05, 3.63) is 29.3 Å². The third-order valence-corrected chi connectivity index (χ3v) is 5.49. The number of hydrogen-bond donors (Lipinski definition) is 2. The van der Waals surface area contributed by atoms with E-state index in [1.165, 1.54) is 0 Å². The Kier molecular flexibility index (Phi) is 7.57. The number of imide groups is 2. The lowest BCUT2D eigenvalue weighted by atomic mass is 10.0. The number of piperidine rings is 1. The summed E-state index contributed by atoms with van der Waals surface area (Å²) in [7, 11) is 0. The second-order valence-corrected chi connectivity index (χ2v) is 7.67. The van der Waals surface area contributed by atoms with Crippen molar-refractivity contribution < 1.29 is 29.0 Å². The molecule has 30 heavy (non-hydrogen) atoms. The van der Waals surface area contributed by atoms with E-state index in [2.05, 4.69) is 5.32 Å². The molecule has 1 atom stereocenters. The van der Waals surface area contributed by atoms with Crippen molar-refractivity contribution in [1.29, 1.82) is 0 Å². The number of hydrogen-bond acceptors (Lipinski definition) is 6. The molecule has 1 saturated heterocycles. The number of rotatable bonds is 11.